The molecule has 0 saturated heterocycles. The van der Waals surface area contributed by atoms with Crippen molar-refractivity contribution in [3.63, 3.8) is 0 Å². The van der Waals surface area contributed by atoms with Crippen LogP contribution in [0.3, 0.4) is 0 Å². The topological polar surface area (TPSA) is 55.8 Å². The Morgan fingerprint density at radius 1 is 1.24 bits per heavy atom. The molecule has 0 saturated carbocycles. The lowest BCUT2D eigenvalue weighted by Gasteiger charge is -2.28. The van der Waals surface area contributed by atoms with Crippen molar-refractivity contribution in [3.8, 4) is 22.6 Å². The summed E-state index contributed by atoms with van der Waals surface area (Å²) >= 11 is 0. The molecule has 0 aliphatic carbocycles. The van der Waals surface area contributed by atoms with Crippen molar-refractivity contribution >= 4 is 5.97 Å². The van der Waals surface area contributed by atoms with Gasteiger partial charge in [-0.15, -0.1) is 0 Å². The molecule has 2 aromatic carbocycles. The molecule has 0 aromatic heterocycles. The number of fused-ring (bicyclic) bond motifs is 3. The zero-order chi connectivity index (χ0) is 14.8. The van der Waals surface area contributed by atoms with Crippen molar-refractivity contribution in [2.24, 2.45) is 0 Å². The summed E-state index contributed by atoms with van der Waals surface area (Å²) in [5, 5.41) is 8.88. The summed E-state index contributed by atoms with van der Waals surface area (Å²) in [7, 11) is 1.63. The minimum absolute atomic E-state index is 0.0878. The fourth-order valence-corrected chi connectivity index (χ4v) is 2.66. The van der Waals surface area contributed by atoms with Gasteiger partial charge in [0, 0.05) is 17.5 Å². The summed E-state index contributed by atoms with van der Waals surface area (Å²) in [6.07, 6.45) is 0.320. The third kappa shape index (κ3) is 2.57. The summed E-state index contributed by atoms with van der Waals surface area (Å²) in [6, 6.07) is 13.6. The first-order valence-corrected chi connectivity index (χ1v) is 6.85. The molecule has 108 valence electrons. The Kier molecular flexibility index (Phi) is 3.52. The summed E-state index contributed by atoms with van der Waals surface area (Å²) in [4.78, 5) is 10.8. The van der Waals surface area contributed by atoms with E-state index in [1.807, 2.05) is 42.5 Å². The highest BCUT2D eigenvalue weighted by Crippen LogP contribution is 2.44. The van der Waals surface area contributed by atoms with Crippen molar-refractivity contribution < 1.29 is 19.4 Å². The van der Waals surface area contributed by atoms with Crippen molar-refractivity contribution in [1.29, 1.82) is 0 Å². The predicted molar refractivity (Wildman–Crippen MR) is 78.7 cm³/mol. The van der Waals surface area contributed by atoms with Gasteiger partial charge in [0.15, 0.2) is 0 Å². The van der Waals surface area contributed by atoms with Crippen LogP contribution in [-0.2, 0) is 4.79 Å². The lowest BCUT2D eigenvalue weighted by Crippen LogP contribution is -2.15. The molecule has 0 spiro atoms. The second-order valence-corrected chi connectivity index (χ2v) is 4.99. The zero-order valence-corrected chi connectivity index (χ0v) is 11.7. The molecule has 1 unspecified atom stereocenters. The van der Waals surface area contributed by atoms with Crippen LogP contribution in [0, 0.1) is 0 Å². The number of rotatable bonds is 4. The van der Waals surface area contributed by atoms with Crippen molar-refractivity contribution in [1.82, 2.24) is 0 Å². The van der Waals surface area contributed by atoms with Gasteiger partial charge in [0.05, 0.1) is 7.11 Å². The summed E-state index contributed by atoms with van der Waals surface area (Å²) in [5.41, 5.74) is 3.09. The van der Waals surface area contributed by atoms with Gasteiger partial charge in [0.2, 0.25) is 0 Å². The molecule has 0 amide bonds. The summed E-state index contributed by atoms with van der Waals surface area (Å²) in [5.74, 6) is 0.734. The van der Waals surface area contributed by atoms with Gasteiger partial charge in [-0.2, -0.15) is 0 Å². The first-order chi connectivity index (χ1) is 10.2. The van der Waals surface area contributed by atoms with Crippen LogP contribution in [0.15, 0.2) is 42.5 Å². The normalized spacial score (nSPS) is 15.6. The van der Waals surface area contributed by atoms with Crippen LogP contribution in [0.4, 0.5) is 0 Å². The van der Waals surface area contributed by atoms with Crippen molar-refractivity contribution in [2.75, 3.05) is 7.11 Å². The molecule has 0 radical (unpaired) electrons. The molecule has 4 heteroatoms. The number of hydrogen-bond donors (Lipinski definition) is 1. The molecule has 1 aliphatic rings. The SMILES string of the molecule is COc1ccc2c(c1)-c1ccccc1C(CCC(=O)O)O2. The number of hydrogen-bond acceptors (Lipinski definition) is 3. The van der Waals surface area contributed by atoms with Gasteiger partial charge in [0.25, 0.3) is 0 Å². The fourth-order valence-electron chi connectivity index (χ4n) is 2.66. The summed E-state index contributed by atoms with van der Waals surface area (Å²) in [6.45, 7) is 0. The molecule has 3 rings (SSSR count). The van der Waals surface area contributed by atoms with E-state index in [-0.39, 0.29) is 12.5 Å². The van der Waals surface area contributed by atoms with Crippen LogP contribution >= 0.6 is 0 Å². The van der Waals surface area contributed by atoms with Gasteiger partial charge in [-0.1, -0.05) is 24.3 Å². The molecule has 0 bridgehead atoms. The fraction of sp³-hybridized carbons (Fsp3) is 0.235. The van der Waals surface area contributed by atoms with Gasteiger partial charge in [0.1, 0.15) is 17.6 Å². The molecule has 2 aromatic rings. The molecule has 0 fully saturated rings. The van der Waals surface area contributed by atoms with E-state index in [1.165, 1.54) is 0 Å². The largest absolute Gasteiger partial charge is 0.497 e. The third-order valence-corrected chi connectivity index (χ3v) is 3.67. The minimum atomic E-state index is -0.809. The number of carboxylic acids is 1. The molecule has 1 atom stereocenters. The number of carboxylic acid groups (broad SMARTS) is 1. The molecular weight excluding hydrogens is 268 g/mol. The second kappa shape index (κ2) is 5.48. The van der Waals surface area contributed by atoms with Crippen LogP contribution in [0.2, 0.25) is 0 Å². The van der Waals surface area contributed by atoms with Crippen molar-refractivity contribution in [2.45, 2.75) is 18.9 Å². The van der Waals surface area contributed by atoms with Crippen LogP contribution in [-0.4, -0.2) is 18.2 Å². The van der Waals surface area contributed by atoms with E-state index < -0.39 is 5.97 Å². The van der Waals surface area contributed by atoms with Gasteiger partial charge in [-0.25, -0.2) is 0 Å². The highest BCUT2D eigenvalue weighted by Gasteiger charge is 2.26. The molecule has 21 heavy (non-hydrogen) atoms. The first kappa shape index (κ1) is 13.5. The number of methoxy groups -OCH3 is 1. The number of aliphatic carboxylic acids is 1. The molecule has 1 N–H and O–H groups in total. The zero-order valence-electron chi connectivity index (χ0n) is 11.7. The highest BCUT2D eigenvalue weighted by atomic mass is 16.5. The third-order valence-electron chi connectivity index (χ3n) is 3.67. The van der Waals surface area contributed by atoms with E-state index in [9.17, 15) is 4.79 Å². The lowest BCUT2D eigenvalue weighted by atomic mass is 9.91. The molecule has 1 aliphatic heterocycles. The van der Waals surface area contributed by atoms with E-state index >= 15 is 0 Å². The Labute approximate surface area is 122 Å². The monoisotopic (exact) mass is 284 g/mol. The van der Waals surface area contributed by atoms with Crippen LogP contribution in [0.1, 0.15) is 24.5 Å². The second-order valence-electron chi connectivity index (χ2n) is 4.99. The van der Waals surface area contributed by atoms with E-state index in [0.717, 1.165) is 28.2 Å². The van der Waals surface area contributed by atoms with Gasteiger partial charge >= 0.3 is 5.97 Å². The first-order valence-electron chi connectivity index (χ1n) is 6.85. The molecule has 4 nitrogen and oxygen atoms in total. The van der Waals surface area contributed by atoms with Gasteiger partial charge < -0.3 is 14.6 Å². The Hall–Kier alpha value is -2.49. The maximum Gasteiger partial charge on any atom is 0.303 e. The number of ether oxygens (including phenoxy) is 2. The van der Waals surface area contributed by atoms with Gasteiger partial charge in [-0.05, 0) is 30.2 Å². The molecular formula is C17H16O4. The minimum Gasteiger partial charge on any atom is -0.497 e. The predicted octanol–water partition coefficient (Wildman–Crippen LogP) is 3.66. The smallest absolute Gasteiger partial charge is 0.303 e. The Morgan fingerprint density at radius 3 is 2.81 bits per heavy atom. The highest BCUT2D eigenvalue weighted by molar-refractivity contribution is 5.77. The lowest BCUT2D eigenvalue weighted by molar-refractivity contribution is -0.137. The number of benzene rings is 2. The van der Waals surface area contributed by atoms with Gasteiger partial charge in [-0.3, -0.25) is 4.79 Å². The Bertz CT molecular complexity index is 678. The average Bonchev–Trinajstić information content (AvgIpc) is 2.52. The standard InChI is InChI=1S/C17H16O4/c1-20-11-6-7-16-14(10-11)12-4-2-3-5-13(12)15(21-16)8-9-17(18)19/h2-7,10,15H,8-9H2,1H3,(H,18,19). The van der Waals surface area contributed by atoms with E-state index in [0.29, 0.717) is 6.42 Å². The van der Waals surface area contributed by atoms with E-state index in [4.69, 9.17) is 14.6 Å². The summed E-state index contributed by atoms with van der Waals surface area (Å²) < 4.78 is 11.3. The average molecular weight is 284 g/mol. The quantitative estimate of drug-likeness (QED) is 0.930. The Balaban J connectivity index is 2.02. The van der Waals surface area contributed by atoms with Crippen molar-refractivity contribution in [3.05, 3.63) is 48.0 Å². The van der Waals surface area contributed by atoms with E-state index in [1.54, 1.807) is 7.11 Å². The van der Waals surface area contributed by atoms with Crippen LogP contribution in [0.5, 0.6) is 11.5 Å². The maximum atomic E-state index is 10.8. The Morgan fingerprint density at radius 2 is 2.05 bits per heavy atom. The number of carbonyl (C=O) groups is 1. The maximum absolute atomic E-state index is 10.8. The van der Waals surface area contributed by atoms with E-state index in [2.05, 4.69) is 0 Å². The van der Waals surface area contributed by atoms with Crippen LogP contribution in [0.25, 0.3) is 11.1 Å². The van der Waals surface area contributed by atoms with Crippen LogP contribution < -0.4 is 9.47 Å². The molecule has 1 heterocycles.